The van der Waals surface area contributed by atoms with Crippen LogP contribution in [0.2, 0.25) is 0 Å². The van der Waals surface area contributed by atoms with E-state index in [2.05, 4.69) is 82.8 Å². The van der Waals surface area contributed by atoms with Crippen LogP contribution in [0.25, 0.3) is 0 Å². The van der Waals surface area contributed by atoms with Gasteiger partial charge in [0.1, 0.15) is 0 Å². The predicted molar refractivity (Wildman–Crippen MR) is 85.7 cm³/mol. The Morgan fingerprint density at radius 1 is 1.17 bits per heavy atom. The van der Waals surface area contributed by atoms with Crippen LogP contribution < -0.4 is 5.73 Å². The third kappa shape index (κ3) is 3.80. The number of rotatable bonds is 5. The molecular formula is C14H22Br2N2. The lowest BCUT2D eigenvalue weighted by Crippen LogP contribution is -2.39. The molecule has 0 heterocycles. The van der Waals surface area contributed by atoms with Crippen molar-refractivity contribution in [2.75, 3.05) is 13.6 Å². The van der Waals surface area contributed by atoms with Gasteiger partial charge in [0.05, 0.1) is 0 Å². The number of nitrogens with two attached hydrogens (primary N) is 1. The minimum atomic E-state index is 0.256. The van der Waals surface area contributed by atoms with E-state index in [0.29, 0.717) is 18.5 Å². The van der Waals surface area contributed by atoms with Crippen molar-refractivity contribution in [3.8, 4) is 0 Å². The van der Waals surface area contributed by atoms with Crippen LogP contribution in [0.3, 0.4) is 0 Å². The average molecular weight is 378 g/mol. The zero-order valence-corrected chi connectivity index (χ0v) is 14.6. The molecule has 102 valence electrons. The smallest absolute Gasteiger partial charge is 0.0470 e. The number of likely N-dealkylation sites (N-methyl/N-ethyl adjacent to an activating group) is 1. The van der Waals surface area contributed by atoms with Crippen molar-refractivity contribution in [1.29, 1.82) is 0 Å². The van der Waals surface area contributed by atoms with Crippen LogP contribution in [-0.4, -0.2) is 24.5 Å². The molecule has 0 saturated heterocycles. The van der Waals surface area contributed by atoms with E-state index < -0.39 is 0 Å². The Hall–Kier alpha value is 0.1000. The van der Waals surface area contributed by atoms with Crippen molar-refractivity contribution < 1.29 is 0 Å². The summed E-state index contributed by atoms with van der Waals surface area (Å²) in [5.74, 6) is 0.614. The van der Waals surface area contributed by atoms with Crippen LogP contribution in [-0.2, 0) is 0 Å². The summed E-state index contributed by atoms with van der Waals surface area (Å²) in [5.41, 5.74) is 7.22. The van der Waals surface area contributed by atoms with Gasteiger partial charge in [0.15, 0.2) is 0 Å². The van der Waals surface area contributed by atoms with Gasteiger partial charge in [-0.1, -0.05) is 19.9 Å². The fourth-order valence-electron chi connectivity index (χ4n) is 2.01. The summed E-state index contributed by atoms with van der Waals surface area (Å²) in [7, 11) is 2.15. The average Bonchev–Trinajstić information content (AvgIpc) is 2.33. The number of benzene rings is 1. The second kappa shape index (κ2) is 7.04. The minimum Gasteiger partial charge on any atom is -0.329 e. The van der Waals surface area contributed by atoms with Gasteiger partial charge in [0, 0.05) is 27.6 Å². The summed E-state index contributed by atoms with van der Waals surface area (Å²) >= 11 is 7.05. The summed E-state index contributed by atoms with van der Waals surface area (Å²) in [5, 5.41) is 0. The lowest BCUT2D eigenvalue weighted by Gasteiger charge is -2.35. The van der Waals surface area contributed by atoms with Crippen molar-refractivity contribution in [1.82, 2.24) is 4.90 Å². The zero-order valence-electron chi connectivity index (χ0n) is 11.5. The molecule has 4 heteroatoms. The van der Waals surface area contributed by atoms with Gasteiger partial charge in [-0.3, -0.25) is 4.90 Å². The minimum absolute atomic E-state index is 0.256. The van der Waals surface area contributed by atoms with Crippen molar-refractivity contribution in [2.24, 2.45) is 11.7 Å². The SMILES string of the molecule is CC(C)C(C)N(C)C(CN)c1ccc(Br)c(Br)c1. The molecule has 0 saturated carbocycles. The molecular weight excluding hydrogens is 356 g/mol. The maximum atomic E-state index is 5.96. The van der Waals surface area contributed by atoms with Crippen molar-refractivity contribution in [3.05, 3.63) is 32.7 Å². The van der Waals surface area contributed by atoms with Gasteiger partial charge < -0.3 is 5.73 Å². The molecule has 1 aromatic rings. The Balaban J connectivity index is 2.98. The second-order valence-corrected chi connectivity index (χ2v) is 6.78. The van der Waals surface area contributed by atoms with Crippen LogP contribution in [0, 0.1) is 5.92 Å². The number of hydrogen-bond donors (Lipinski definition) is 1. The van der Waals surface area contributed by atoms with E-state index in [4.69, 9.17) is 5.73 Å². The Morgan fingerprint density at radius 2 is 1.78 bits per heavy atom. The summed E-state index contributed by atoms with van der Waals surface area (Å²) in [6.45, 7) is 7.36. The topological polar surface area (TPSA) is 29.3 Å². The van der Waals surface area contributed by atoms with Crippen LogP contribution in [0.15, 0.2) is 27.1 Å². The molecule has 2 nitrogen and oxygen atoms in total. The molecule has 0 spiro atoms. The quantitative estimate of drug-likeness (QED) is 0.833. The van der Waals surface area contributed by atoms with E-state index in [0.717, 1.165) is 8.95 Å². The summed E-state index contributed by atoms with van der Waals surface area (Å²) < 4.78 is 2.14. The highest BCUT2D eigenvalue weighted by molar-refractivity contribution is 9.13. The molecule has 0 aliphatic rings. The van der Waals surface area contributed by atoms with Crippen LogP contribution in [0.4, 0.5) is 0 Å². The van der Waals surface area contributed by atoms with E-state index in [1.54, 1.807) is 0 Å². The molecule has 1 aromatic carbocycles. The molecule has 0 aliphatic heterocycles. The predicted octanol–water partition coefficient (Wildman–Crippen LogP) is 4.19. The largest absolute Gasteiger partial charge is 0.329 e. The maximum Gasteiger partial charge on any atom is 0.0470 e. The third-order valence-corrected chi connectivity index (χ3v) is 5.53. The molecule has 0 amide bonds. The molecule has 0 fully saturated rings. The van der Waals surface area contributed by atoms with E-state index in [1.807, 2.05) is 0 Å². The first-order valence-corrected chi connectivity index (χ1v) is 7.84. The van der Waals surface area contributed by atoms with Crippen molar-refractivity contribution in [2.45, 2.75) is 32.9 Å². The number of halogens is 2. The molecule has 1 rings (SSSR count). The monoisotopic (exact) mass is 376 g/mol. The highest BCUT2D eigenvalue weighted by atomic mass is 79.9. The molecule has 2 N–H and O–H groups in total. The van der Waals surface area contributed by atoms with E-state index in [9.17, 15) is 0 Å². The van der Waals surface area contributed by atoms with Gasteiger partial charge in [0.25, 0.3) is 0 Å². The summed E-state index contributed by atoms with van der Waals surface area (Å²) in [6.07, 6.45) is 0. The van der Waals surface area contributed by atoms with Crippen LogP contribution >= 0.6 is 31.9 Å². The Bertz CT molecular complexity index is 393. The molecule has 0 bridgehead atoms. The zero-order chi connectivity index (χ0) is 13.9. The first-order valence-electron chi connectivity index (χ1n) is 6.25. The van der Waals surface area contributed by atoms with E-state index >= 15 is 0 Å². The molecule has 18 heavy (non-hydrogen) atoms. The third-order valence-electron chi connectivity index (χ3n) is 3.65. The number of hydrogen-bond acceptors (Lipinski definition) is 2. The van der Waals surface area contributed by atoms with Gasteiger partial charge in [-0.25, -0.2) is 0 Å². The van der Waals surface area contributed by atoms with E-state index in [-0.39, 0.29) is 6.04 Å². The second-order valence-electron chi connectivity index (χ2n) is 5.08. The normalized spacial score (nSPS) is 15.2. The van der Waals surface area contributed by atoms with Crippen LogP contribution in [0.5, 0.6) is 0 Å². The molecule has 2 atom stereocenters. The first-order chi connectivity index (χ1) is 8.38. The Morgan fingerprint density at radius 3 is 2.22 bits per heavy atom. The first kappa shape index (κ1) is 16.2. The van der Waals surface area contributed by atoms with Gasteiger partial charge in [0.2, 0.25) is 0 Å². The van der Waals surface area contributed by atoms with Gasteiger partial charge in [-0.05, 0) is 69.4 Å². The van der Waals surface area contributed by atoms with Gasteiger partial charge >= 0.3 is 0 Å². The highest BCUT2D eigenvalue weighted by Crippen LogP contribution is 2.29. The van der Waals surface area contributed by atoms with Gasteiger partial charge in [-0.2, -0.15) is 0 Å². The lowest BCUT2D eigenvalue weighted by molar-refractivity contribution is 0.152. The lowest BCUT2D eigenvalue weighted by atomic mass is 9.99. The molecule has 0 aromatic heterocycles. The van der Waals surface area contributed by atoms with Crippen molar-refractivity contribution in [3.63, 3.8) is 0 Å². The Kier molecular flexibility index (Phi) is 6.31. The van der Waals surface area contributed by atoms with Gasteiger partial charge in [-0.15, -0.1) is 0 Å². The number of nitrogens with zero attached hydrogens (tertiary/aromatic N) is 1. The Labute approximate surface area is 127 Å². The summed E-state index contributed by atoms with van der Waals surface area (Å²) in [4.78, 5) is 2.36. The fraction of sp³-hybridized carbons (Fsp3) is 0.571. The van der Waals surface area contributed by atoms with E-state index in [1.165, 1.54) is 5.56 Å². The fourth-order valence-corrected chi connectivity index (χ4v) is 2.65. The molecule has 0 radical (unpaired) electrons. The standard InChI is InChI=1S/C14H22Br2N2/c1-9(2)10(3)18(4)14(8-17)11-5-6-12(15)13(16)7-11/h5-7,9-10,14H,8,17H2,1-4H3. The molecule has 0 aliphatic carbocycles. The molecule has 2 unspecified atom stereocenters. The maximum absolute atomic E-state index is 5.96. The summed E-state index contributed by atoms with van der Waals surface area (Å²) in [6, 6.07) is 7.10. The van der Waals surface area contributed by atoms with Crippen molar-refractivity contribution >= 4 is 31.9 Å². The van der Waals surface area contributed by atoms with Crippen LogP contribution in [0.1, 0.15) is 32.4 Å². The highest BCUT2D eigenvalue weighted by Gasteiger charge is 2.22.